The van der Waals surface area contributed by atoms with Gasteiger partial charge in [-0.05, 0) is 25.0 Å². The smallest absolute Gasteiger partial charge is 0.0952 e. The molecule has 1 N–H and O–H groups in total. The molecular formula is C9H16N2S. The number of hydrogen-bond donors (Lipinski definition) is 1. The minimum Gasteiger partial charge on any atom is -0.298 e. The third-order valence-corrected chi connectivity index (χ3v) is 3.38. The minimum absolute atomic E-state index is 0.0636. The van der Waals surface area contributed by atoms with Crippen molar-refractivity contribution < 1.29 is 0 Å². The molecule has 0 aromatic rings. The van der Waals surface area contributed by atoms with Gasteiger partial charge in [0.15, 0.2) is 0 Å². The topological polar surface area (TPSA) is 35.8 Å². The summed E-state index contributed by atoms with van der Waals surface area (Å²) in [5, 5.41) is 12.1. The van der Waals surface area contributed by atoms with E-state index in [2.05, 4.69) is 18.3 Å². The molecule has 0 saturated carbocycles. The van der Waals surface area contributed by atoms with E-state index in [1.165, 1.54) is 24.3 Å². The van der Waals surface area contributed by atoms with E-state index in [1.807, 2.05) is 11.8 Å². The fraction of sp³-hybridized carbons (Fsp3) is 0.889. The van der Waals surface area contributed by atoms with E-state index in [0.717, 1.165) is 6.42 Å². The van der Waals surface area contributed by atoms with Crippen molar-refractivity contribution in [3.8, 4) is 6.07 Å². The van der Waals surface area contributed by atoms with E-state index in [9.17, 15) is 0 Å². The second kappa shape index (κ2) is 5.45. The van der Waals surface area contributed by atoms with Gasteiger partial charge in [0.2, 0.25) is 0 Å². The van der Waals surface area contributed by atoms with Gasteiger partial charge in [-0.15, -0.1) is 0 Å². The zero-order valence-corrected chi connectivity index (χ0v) is 8.36. The van der Waals surface area contributed by atoms with Gasteiger partial charge >= 0.3 is 0 Å². The molecule has 1 aliphatic rings. The number of nitriles is 1. The van der Waals surface area contributed by atoms with Crippen molar-refractivity contribution in [1.29, 1.82) is 5.26 Å². The summed E-state index contributed by atoms with van der Waals surface area (Å²) in [7, 11) is 0. The molecular weight excluding hydrogens is 168 g/mol. The van der Waals surface area contributed by atoms with Crippen molar-refractivity contribution in [2.24, 2.45) is 0 Å². The van der Waals surface area contributed by atoms with Crippen molar-refractivity contribution >= 4 is 11.8 Å². The average molecular weight is 184 g/mol. The van der Waals surface area contributed by atoms with Crippen LogP contribution >= 0.6 is 11.8 Å². The molecule has 1 saturated heterocycles. The van der Waals surface area contributed by atoms with Gasteiger partial charge in [-0.3, -0.25) is 5.32 Å². The third-order valence-electron chi connectivity index (χ3n) is 2.16. The Hall–Kier alpha value is -0.200. The predicted molar refractivity (Wildman–Crippen MR) is 53.2 cm³/mol. The van der Waals surface area contributed by atoms with Gasteiger partial charge in [0.05, 0.1) is 12.1 Å². The van der Waals surface area contributed by atoms with Crippen LogP contribution in [0.1, 0.15) is 26.2 Å². The average Bonchev–Trinajstić information content (AvgIpc) is 2.16. The van der Waals surface area contributed by atoms with Gasteiger partial charge < -0.3 is 0 Å². The Balaban J connectivity index is 2.24. The molecule has 1 heterocycles. The van der Waals surface area contributed by atoms with Crippen molar-refractivity contribution in [3.05, 3.63) is 0 Å². The van der Waals surface area contributed by atoms with Gasteiger partial charge in [-0.25, -0.2) is 0 Å². The van der Waals surface area contributed by atoms with Crippen LogP contribution < -0.4 is 5.32 Å². The number of nitrogens with one attached hydrogen (secondary N) is 1. The lowest BCUT2D eigenvalue weighted by molar-refractivity contribution is 0.465. The molecule has 0 aromatic heterocycles. The summed E-state index contributed by atoms with van der Waals surface area (Å²) in [6.45, 7) is 2.05. The van der Waals surface area contributed by atoms with Crippen LogP contribution in [0.25, 0.3) is 0 Å². The molecule has 1 fully saturated rings. The third kappa shape index (κ3) is 3.04. The Labute approximate surface area is 78.7 Å². The monoisotopic (exact) mass is 184 g/mol. The van der Waals surface area contributed by atoms with E-state index in [4.69, 9.17) is 5.26 Å². The molecule has 0 spiro atoms. The van der Waals surface area contributed by atoms with Crippen molar-refractivity contribution in [2.45, 2.75) is 38.3 Å². The molecule has 0 radical (unpaired) electrons. The molecule has 2 atom stereocenters. The molecule has 1 aliphatic heterocycles. The van der Waals surface area contributed by atoms with Gasteiger partial charge in [0, 0.05) is 11.8 Å². The highest BCUT2D eigenvalue weighted by Crippen LogP contribution is 2.17. The first-order valence-corrected chi connectivity index (χ1v) is 5.75. The van der Waals surface area contributed by atoms with Crippen LogP contribution in [0, 0.1) is 11.3 Å². The summed E-state index contributed by atoms with van der Waals surface area (Å²) in [6.07, 6.45) is 3.45. The first-order chi connectivity index (χ1) is 5.86. The van der Waals surface area contributed by atoms with Crippen LogP contribution in [0.15, 0.2) is 0 Å². The highest BCUT2D eigenvalue weighted by Gasteiger charge is 2.16. The highest BCUT2D eigenvalue weighted by molar-refractivity contribution is 7.99. The summed E-state index contributed by atoms with van der Waals surface area (Å²) >= 11 is 1.99. The molecule has 0 amide bonds. The van der Waals surface area contributed by atoms with E-state index in [0.29, 0.717) is 6.04 Å². The number of rotatable bonds is 3. The predicted octanol–water partition coefficient (Wildman–Crippen LogP) is 1.77. The Kier molecular flexibility index (Phi) is 4.49. The summed E-state index contributed by atoms with van der Waals surface area (Å²) < 4.78 is 0. The zero-order chi connectivity index (χ0) is 8.81. The van der Waals surface area contributed by atoms with E-state index in [1.54, 1.807) is 0 Å². The Morgan fingerprint density at radius 3 is 3.08 bits per heavy atom. The van der Waals surface area contributed by atoms with Crippen LogP contribution in [-0.2, 0) is 0 Å². The van der Waals surface area contributed by atoms with Crippen molar-refractivity contribution in [1.82, 2.24) is 5.32 Å². The number of nitrogens with zero attached hydrogens (tertiary/aromatic N) is 1. The lowest BCUT2D eigenvalue weighted by Gasteiger charge is -2.24. The molecule has 12 heavy (non-hydrogen) atoms. The minimum atomic E-state index is 0.0636. The Bertz CT molecular complexity index is 158. The molecule has 0 bridgehead atoms. The van der Waals surface area contributed by atoms with E-state index < -0.39 is 0 Å². The van der Waals surface area contributed by atoms with Crippen LogP contribution in [0.3, 0.4) is 0 Å². The number of thioether (sulfide) groups is 1. The summed E-state index contributed by atoms with van der Waals surface area (Å²) in [5.74, 6) is 2.47. The van der Waals surface area contributed by atoms with Crippen LogP contribution in [0.4, 0.5) is 0 Å². The first-order valence-electron chi connectivity index (χ1n) is 4.60. The van der Waals surface area contributed by atoms with Gasteiger partial charge in [0.1, 0.15) is 0 Å². The Morgan fingerprint density at radius 1 is 1.75 bits per heavy atom. The second-order valence-corrected chi connectivity index (χ2v) is 4.32. The molecule has 2 unspecified atom stereocenters. The van der Waals surface area contributed by atoms with Gasteiger partial charge in [0.25, 0.3) is 0 Å². The maximum atomic E-state index is 8.74. The largest absolute Gasteiger partial charge is 0.298 e. The van der Waals surface area contributed by atoms with Crippen molar-refractivity contribution in [3.63, 3.8) is 0 Å². The van der Waals surface area contributed by atoms with E-state index >= 15 is 0 Å². The fourth-order valence-electron chi connectivity index (χ4n) is 1.40. The lowest BCUT2D eigenvalue weighted by atomic mass is 10.1. The van der Waals surface area contributed by atoms with Crippen molar-refractivity contribution in [2.75, 3.05) is 11.5 Å². The molecule has 3 heteroatoms. The molecule has 1 rings (SSSR count). The normalized spacial score (nSPS) is 26.2. The fourth-order valence-corrected chi connectivity index (χ4v) is 2.49. The van der Waals surface area contributed by atoms with Gasteiger partial charge in [-0.2, -0.15) is 17.0 Å². The quantitative estimate of drug-likeness (QED) is 0.726. The summed E-state index contributed by atoms with van der Waals surface area (Å²) in [4.78, 5) is 0. The second-order valence-electron chi connectivity index (χ2n) is 3.17. The van der Waals surface area contributed by atoms with Crippen LogP contribution in [0.5, 0.6) is 0 Å². The first kappa shape index (κ1) is 9.88. The van der Waals surface area contributed by atoms with Crippen LogP contribution in [0.2, 0.25) is 0 Å². The molecule has 68 valence electrons. The maximum absolute atomic E-state index is 8.74. The summed E-state index contributed by atoms with van der Waals surface area (Å²) in [5.41, 5.74) is 0. The SMILES string of the molecule is CCC(C#N)NC1CCCSC1. The van der Waals surface area contributed by atoms with Crippen LogP contribution in [-0.4, -0.2) is 23.6 Å². The Morgan fingerprint density at radius 2 is 2.58 bits per heavy atom. The lowest BCUT2D eigenvalue weighted by Crippen LogP contribution is -2.40. The zero-order valence-electron chi connectivity index (χ0n) is 7.55. The standard InChI is InChI=1S/C9H16N2S/c1-2-8(6-10)11-9-4-3-5-12-7-9/h8-9,11H,2-5,7H2,1H3. The molecule has 0 aromatic carbocycles. The molecule has 2 nitrogen and oxygen atoms in total. The van der Waals surface area contributed by atoms with Gasteiger partial charge in [-0.1, -0.05) is 6.92 Å². The summed E-state index contributed by atoms with van der Waals surface area (Å²) in [6, 6.07) is 2.92. The number of hydrogen-bond acceptors (Lipinski definition) is 3. The maximum Gasteiger partial charge on any atom is 0.0952 e. The highest BCUT2D eigenvalue weighted by atomic mass is 32.2. The molecule has 0 aliphatic carbocycles. The van der Waals surface area contributed by atoms with E-state index in [-0.39, 0.29) is 6.04 Å².